The molecule has 178 valence electrons. The molecule has 0 saturated carbocycles. The van der Waals surface area contributed by atoms with E-state index in [9.17, 15) is 20.0 Å². The Kier molecular flexibility index (Phi) is 9.39. The second-order valence-electron chi connectivity index (χ2n) is 8.36. The molecule has 0 heterocycles. The summed E-state index contributed by atoms with van der Waals surface area (Å²) in [6.45, 7) is 6.11. The molecule has 1 aliphatic rings. The van der Waals surface area contributed by atoms with Crippen molar-refractivity contribution >= 4 is 23.1 Å². The summed E-state index contributed by atoms with van der Waals surface area (Å²) in [5.41, 5.74) is 2.55. The number of benzene rings is 1. The summed E-state index contributed by atoms with van der Waals surface area (Å²) < 4.78 is 15.1. The van der Waals surface area contributed by atoms with Gasteiger partial charge in [-0.15, -0.1) is 0 Å². The largest absolute Gasteiger partial charge is 0.466 e. The zero-order chi connectivity index (χ0) is 24.7. The van der Waals surface area contributed by atoms with Gasteiger partial charge >= 0.3 is 11.9 Å². The first-order valence-electron chi connectivity index (χ1n) is 11.1. The van der Waals surface area contributed by atoms with E-state index in [1.54, 1.807) is 0 Å². The molecule has 0 aliphatic heterocycles. The van der Waals surface area contributed by atoms with Crippen molar-refractivity contribution in [3.63, 3.8) is 0 Å². The lowest BCUT2D eigenvalue weighted by atomic mass is 9.62. The Morgan fingerprint density at radius 2 is 1.64 bits per heavy atom. The molecule has 0 fully saturated rings. The highest BCUT2D eigenvalue weighted by molar-refractivity contribution is 6.07. The van der Waals surface area contributed by atoms with E-state index in [1.807, 2.05) is 38.1 Å². The van der Waals surface area contributed by atoms with Crippen molar-refractivity contribution in [2.45, 2.75) is 46.3 Å². The molecule has 1 N–H and O–H groups in total. The van der Waals surface area contributed by atoms with Crippen LogP contribution in [-0.2, 0) is 23.8 Å². The van der Waals surface area contributed by atoms with Gasteiger partial charge in [-0.3, -0.25) is 0 Å². The number of methoxy groups -OCH3 is 3. The van der Waals surface area contributed by atoms with Crippen LogP contribution in [0.2, 0.25) is 0 Å². The SMILES string of the molecule is CCCCC1C(=C(C#N)C(=O)OC)c2ccccc2C(=C(C(=O)OC)C(O)OC)C1C(C)C. The minimum Gasteiger partial charge on any atom is -0.466 e. The Morgan fingerprint density at radius 3 is 2.09 bits per heavy atom. The molecule has 0 amide bonds. The molecule has 3 unspecified atom stereocenters. The first-order valence-corrected chi connectivity index (χ1v) is 11.1. The number of carbonyl (C=O) groups excluding carboxylic acids is 2. The number of fused-ring (bicyclic) bond motifs is 1. The van der Waals surface area contributed by atoms with Crippen molar-refractivity contribution in [1.29, 1.82) is 5.26 Å². The third kappa shape index (κ3) is 5.18. The average molecular weight is 456 g/mol. The summed E-state index contributed by atoms with van der Waals surface area (Å²) in [5.74, 6) is -1.91. The highest BCUT2D eigenvalue weighted by Crippen LogP contribution is 2.53. The average Bonchev–Trinajstić information content (AvgIpc) is 2.83. The van der Waals surface area contributed by atoms with E-state index in [-0.39, 0.29) is 28.9 Å². The minimum absolute atomic E-state index is 0.00603. The minimum atomic E-state index is -1.49. The monoisotopic (exact) mass is 455 g/mol. The highest BCUT2D eigenvalue weighted by atomic mass is 16.6. The van der Waals surface area contributed by atoms with E-state index in [0.717, 1.165) is 12.8 Å². The number of ether oxygens (including phenoxy) is 3. The summed E-state index contributed by atoms with van der Waals surface area (Å²) in [6.07, 6.45) is 0.967. The molecule has 0 aromatic heterocycles. The van der Waals surface area contributed by atoms with Crippen LogP contribution in [0.25, 0.3) is 11.1 Å². The van der Waals surface area contributed by atoms with Crippen LogP contribution in [0.1, 0.15) is 51.2 Å². The number of unbranched alkanes of at least 4 members (excludes halogenated alkanes) is 1. The van der Waals surface area contributed by atoms with Gasteiger partial charge in [0, 0.05) is 7.11 Å². The van der Waals surface area contributed by atoms with Crippen LogP contribution in [0.4, 0.5) is 0 Å². The number of esters is 2. The van der Waals surface area contributed by atoms with Crippen molar-refractivity contribution in [2.24, 2.45) is 17.8 Å². The molecular weight excluding hydrogens is 422 g/mol. The Labute approximate surface area is 195 Å². The lowest BCUT2D eigenvalue weighted by Crippen LogP contribution is -2.34. The van der Waals surface area contributed by atoms with Crippen LogP contribution >= 0.6 is 0 Å². The van der Waals surface area contributed by atoms with Gasteiger partial charge in [0.1, 0.15) is 11.6 Å². The number of allylic oxidation sites excluding steroid dienone is 2. The molecule has 7 nitrogen and oxygen atoms in total. The zero-order valence-electron chi connectivity index (χ0n) is 20.2. The van der Waals surface area contributed by atoms with Gasteiger partial charge in [0.2, 0.25) is 0 Å². The Balaban J connectivity index is 3.10. The van der Waals surface area contributed by atoms with Gasteiger partial charge in [0.25, 0.3) is 0 Å². The van der Waals surface area contributed by atoms with Crippen LogP contribution < -0.4 is 0 Å². The third-order valence-corrected chi connectivity index (χ3v) is 6.17. The zero-order valence-corrected chi connectivity index (χ0v) is 20.2. The van der Waals surface area contributed by atoms with Crippen molar-refractivity contribution in [3.05, 3.63) is 46.5 Å². The van der Waals surface area contributed by atoms with Gasteiger partial charge in [-0.05, 0) is 46.4 Å². The van der Waals surface area contributed by atoms with Crippen molar-refractivity contribution in [2.75, 3.05) is 21.3 Å². The molecular formula is C26H33NO6. The second-order valence-corrected chi connectivity index (χ2v) is 8.36. The summed E-state index contributed by atoms with van der Waals surface area (Å²) >= 11 is 0. The lowest BCUT2D eigenvalue weighted by molar-refractivity contribution is -0.141. The highest BCUT2D eigenvalue weighted by Gasteiger charge is 2.43. The maximum absolute atomic E-state index is 12.9. The Bertz CT molecular complexity index is 985. The van der Waals surface area contributed by atoms with E-state index in [1.165, 1.54) is 21.3 Å². The molecule has 0 radical (unpaired) electrons. The number of aliphatic hydroxyl groups excluding tert-OH is 1. The smallest absolute Gasteiger partial charge is 0.348 e. The number of aliphatic hydroxyl groups is 1. The van der Waals surface area contributed by atoms with Crippen LogP contribution in [0.5, 0.6) is 0 Å². The first-order chi connectivity index (χ1) is 15.8. The van der Waals surface area contributed by atoms with E-state index < -0.39 is 18.2 Å². The first kappa shape index (κ1) is 26.3. The summed E-state index contributed by atoms with van der Waals surface area (Å²) in [5, 5.41) is 20.6. The van der Waals surface area contributed by atoms with Crippen LogP contribution in [0, 0.1) is 29.1 Å². The third-order valence-electron chi connectivity index (χ3n) is 6.17. The van der Waals surface area contributed by atoms with Crippen molar-refractivity contribution in [1.82, 2.24) is 0 Å². The number of carbonyl (C=O) groups is 2. The molecule has 3 atom stereocenters. The molecule has 0 spiro atoms. The summed E-state index contributed by atoms with van der Waals surface area (Å²) in [7, 11) is 3.83. The van der Waals surface area contributed by atoms with E-state index >= 15 is 0 Å². The predicted molar refractivity (Wildman–Crippen MR) is 124 cm³/mol. The van der Waals surface area contributed by atoms with Gasteiger partial charge in [-0.2, -0.15) is 5.26 Å². The van der Waals surface area contributed by atoms with Crippen molar-refractivity contribution < 1.29 is 28.9 Å². The fourth-order valence-electron chi connectivity index (χ4n) is 4.79. The summed E-state index contributed by atoms with van der Waals surface area (Å²) in [6, 6.07) is 9.36. The quantitative estimate of drug-likeness (QED) is 0.272. The number of hydrogen-bond donors (Lipinski definition) is 1. The molecule has 1 aliphatic carbocycles. The van der Waals surface area contributed by atoms with Gasteiger partial charge in [0.15, 0.2) is 6.29 Å². The van der Waals surface area contributed by atoms with E-state index in [4.69, 9.17) is 14.2 Å². The topological polar surface area (TPSA) is 106 Å². The number of nitrogens with zero attached hydrogens (tertiary/aromatic N) is 1. The van der Waals surface area contributed by atoms with E-state index in [0.29, 0.717) is 28.7 Å². The van der Waals surface area contributed by atoms with Gasteiger partial charge in [-0.1, -0.05) is 57.9 Å². The second kappa shape index (κ2) is 11.8. The molecule has 33 heavy (non-hydrogen) atoms. The number of rotatable bonds is 8. The molecule has 0 bridgehead atoms. The maximum atomic E-state index is 12.9. The van der Waals surface area contributed by atoms with E-state index in [2.05, 4.69) is 13.0 Å². The molecule has 1 aromatic rings. The van der Waals surface area contributed by atoms with Crippen LogP contribution in [0.3, 0.4) is 0 Å². The standard InChI is InChI=1S/C26H33NO6/c1-7-8-11-18-20(15(2)3)22(23(25(29)32-5)26(30)33-6)17-13-10-9-12-16(17)21(18)19(14-27)24(28)31-4/h9-10,12-13,15,18,20,25,29H,7-8,11H2,1-6H3. The fraction of sp³-hybridized carbons (Fsp3) is 0.500. The van der Waals surface area contributed by atoms with Crippen LogP contribution in [0.15, 0.2) is 35.4 Å². The van der Waals surface area contributed by atoms with Gasteiger partial charge in [-0.25, -0.2) is 9.59 Å². The molecule has 2 rings (SSSR count). The van der Waals surface area contributed by atoms with Gasteiger partial charge < -0.3 is 19.3 Å². The molecule has 7 heteroatoms. The molecule has 1 aromatic carbocycles. The predicted octanol–water partition coefficient (Wildman–Crippen LogP) is 4.12. The maximum Gasteiger partial charge on any atom is 0.348 e. The Hall–Kier alpha value is -2.95. The lowest BCUT2D eigenvalue weighted by Gasteiger charge is -2.41. The normalized spacial score (nSPS) is 21.5. The Morgan fingerprint density at radius 1 is 1.06 bits per heavy atom. The fourth-order valence-corrected chi connectivity index (χ4v) is 4.79. The molecule has 0 saturated heterocycles. The van der Waals surface area contributed by atoms with Crippen LogP contribution in [-0.4, -0.2) is 44.7 Å². The van der Waals surface area contributed by atoms with Gasteiger partial charge in [0.05, 0.1) is 19.8 Å². The summed E-state index contributed by atoms with van der Waals surface area (Å²) in [4.78, 5) is 25.5. The number of hydrogen-bond acceptors (Lipinski definition) is 7. The van der Waals surface area contributed by atoms with Crippen molar-refractivity contribution in [3.8, 4) is 6.07 Å². The number of nitriles is 1.